The molecule has 2 aromatic carbocycles. The minimum Gasteiger partial charge on any atom is -0.489 e. The van der Waals surface area contributed by atoms with Crippen molar-refractivity contribution >= 4 is 15.9 Å². The molecule has 98 valence electrons. The van der Waals surface area contributed by atoms with Crippen molar-refractivity contribution in [3.63, 3.8) is 0 Å². The maximum atomic E-state index is 13.6. The molecule has 0 spiro atoms. The summed E-state index contributed by atoms with van der Waals surface area (Å²) in [7, 11) is 0. The molecular formula is C14H10BrFO3. The monoisotopic (exact) mass is 324 g/mol. The third-order valence-corrected chi connectivity index (χ3v) is 3.25. The molecule has 0 N–H and O–H groups in total. The number of fused-ring (bicyclic) bond motifs is 1. The quantitative estimate of drug-likeness (QED) is 0.857. The predicted octanol–water partition coefficient (Wildman–Crippen LogP) is 3.90. The van der Waals surface area contributed by atoms with Crippen LogP contribution in [-0.2, 0) is 6.61 Å². The third-order valence-electron chi connectivity index (χ3n) is 2.75. The summed E-state index contributed by atoms with van der Waals surface area (Å²) < 4.78 is 30.3. The van der Waals surface area contributed by atoms with E-state index in [1.165, 1.54) is 6.07 Å². The van der Waals surface area contributed by atoms with E-state index in [1.807, 2.05) is 0 Å². The van der Waals surface area contributed by atoms with Gasteiger partial charge in [-0.05, 0) is 24.3 Å². The first-order valence-corrected chi connectivity index (χ1v) is 6.48. The second-order valence-electron chi connectivity index (χ2n) is 4.04. The fourth-order valence-electron chi connectivity index (χ4n) is 1.77. The van der Waals surface area contributed by atoms with Crippen LogP contribution in [0.2, 0.25) is 0 Å². The lowest BCUT2D eigenvalue weighted by atomic mass is 10.2. The largest absolute Gasteiger partial charge is 0.489 e. The summed E-state index contributed by atoms with van der Waals surface area (Å²) in [5.41, 5.74) is 0.501. The van der Waals surface area contributed by atoms with Gasteiger partial charge >= 0.3 is 0 Å². The third kappa shape index (κ3) is 2.66. The second kappa shape index (κ2) is 5.09. The van der Waals surface area contributed by atoms with Crippen LogP contribution in [0.25, 0.3) is 0 Å². The molecule has 5 heteroatoms. The number of benzene rings is 2. The van der Waals surface area contributed by atoms with Crippen LogP contribution in [0.3, 0.4) is 0 Å². The maximum absolute atomic E-state index is 13.6. The molecule has 2 aromatic rings. The van der Waals surface area contributed by atoms with E-state index in [9.17, 15) is 4.39 Å². The Hall–Kier alpha value is -1.75. The van der Waals surface area contributed by atoms with Crippen LogP contribution in [0.5, 0.6) is 17.2 Å². The van der Waals surface area contributed by atoms with E-state index < -0.39 is 0 Å². The molecule has 0 atom stereocenters. The smallest absolute Gasteiger partial charge is 0.231 e. The van der Waals surface area contributed by atoms with E-state index in [0.717, 1.165) is 0 Å². The number of rotatable bonds is 3. The normalized spacial score (nSPS) is 12.5. The van der Waals surface area contributed by atoms with Crippen LogP contribution in [0.1, 0.15) is 5.56 Å². The first-order valence-electron chi connectivity index (χ1n) is 5.69. The predicted molar refractivity (Wildman–Crippen MR) is 71.0 cm³/mol. The molecule has 0 saturated heterocycles. The highest BCUT2D eigenvalue weighted by Crippen LogP contribution is 2.35. The molecule has 1 aliphatic rings. The van der Waals surface area contributed by atoms with Gasteiger partial charge in [0.05, 0.1) is 0 Å². The highest BCUT2D eigenvalue weighted by molar-refractivity contribution is 9.10. The van der Waals surface area contributed by atoms with Crippen molar-refractivity contribution in [2.75, 3.05) is 6.79 Å². The van der Waals surface area contributed by atoms with E-state index in [4.69, 9.17) is 14.2 Å². The van der Waals surface area contributed by atoms with E-state index in [-0.39, 0.29) is 19.2 Å². The Bertz CT molecular complexity index is 616. The summed E-state index contributed by atoms with van der Waals surface area (Å²) in [5, 5.41) is 0. The summed E-state index contributed by atoms with van der Waals surface area (Å²) in [4.78, 5) is 0. The molecule has 3 nitrogen and oxygen atoms in total. The van der Waals surface area contributed by atoms with Crippen molar-refractivity contribution in [1.29, 1.82) is 0 Å². The van der Waals surface area contributed by atoms with E-state index >= 15 is 0 Å². The molecule has 0 bridgehead atoms. The Kier molecular flexibility index (Phi) is 3.29. The molecule has 1 aliphatic heterocycles. The van der Waals surface area contributed by atoms with Gasteiger partial charge < -0.3 is 14.2 Å². The summed E-state index contributed by atoms with van der Waals surface area (Å²) in [6.07, 6.45) is 0. The average Bonchev–Trinajstić information content (AvgIpc) is 2.85. The molecule has 19 heavy (non-hydrogen) atoms. The Balaban J connectivity index is 1.72. The molecule has 0 amide bonds. The molecule has 0 aliphatic carbocycles. The average molecular weight is 325 g/mol. The van der Waals surface area contributed by atoms with Gasteiger partial charge in [0.15, 0.2) is 11.5 Å². The lowest BCUT2D eigenvalue weighted by molar-refractivity contribution is 0.173. The Morgan fingerprint density at radius 2 is 1.95 bits per heavy atom. The Labute approximate surface area is 118 Å². The maximum Gasteiger partial charge on any atom is 0.231 e. The topological polar surface area (TPSA) is 27.7 Å². The zero-order valence-electron chi connectivity index (χ0n) is 9.86. The van der Waals surface area contributed by atoms with Crippen LogP contribution in [-0.4, -0.2) is 6.79 Å². The molecule has 1 heterocycles. The van der Waals surface area contributed by atoms with Crippen molar-refractivity contribution in [2.24, 2.45) is 0 Å². The van der Waals surface area contributed by atoms with Crippen LogP contribution in [0.4, 0.5) is 4.39 Å². The van der Waals surface area contributed by atoms with Crippen molar-refractivity contribution in [3.8, 4) is 17.2 Å². The minimum absolute atomic E-state index is 0.165. The van der Waals surface area contributed by atoms with Crippen LogP contribution >= 0.6 is 15.9 Å². The number of hydrogen-bond acceptors (Lipinski definition) is 3. The van der Waals surface area contributed by atoms with Gasteiger partial charge in [-0.2, -0.15) is 0 Å². The van der Waals surface area contributed by atoms with E-state index in [1.54, 1.807) is 30.3 Å². The highest BCUT2D eigenvalue weighted by atomic mass is 79.9. The van der Waals surface area contributed by atoms with Crippen molar-refractivity contribution in [2.45, 2.75) is 6.61 Å². The van der Waals surface area contributed by atoms with Crippen molar-refractivity contribution < 1.29 is 18.6 Å². The SMILES string of the molecule is Fc1cc(Br)ccc1COc1ccc2c(c1)OCO2. The summed E-state index contributed by atoms with van der Waals surface area (Å²) in [6.45, 7) is 0.388. The number of halogens is 2. The highest BCUT2D eigenvalue weighted by Gasteiger charge is 2.14. The van der Waals surface area contributed by atoms with Crippen LogP contribution < -0.4 is 14.2 Å². The van der Waals surface area contributed by atoms with Gasteiger partial charge in [0.2, 0.25) is 6.79 Å². The molecule has 0 unspecified atom stereocenters. The second-order valence-corrected chi connectivity index (χ2v) is 4.96. The lowest BCUT2D eigenvalue weighted by Crippen LogP contribution is -1.98. The van der Waals surface area contributed by atoms with E-state index in [0.29, 0.717) is 27.3 Å². The van der Waals surface area contributed by atoms with Gasteiger partial charge in [0.1, 0.15) is 18.2 Å². The number of ether oxygens (including phenoxy) is 3. The number of hydrogen-bond donors (Lipinski definition) is 0. The zero-order chi connectivity index (χ0) is 13.2. The van der Waals surface area contributed by atoms with Crippen LogP contribution in [0.15, 0.2) is 40.9 Å². The van der Waals surface area contributed by atoms with Gasteiger partial charge in [0.25, 0.3) is 0 Å². The summed E-state index contributed by atoms with van der Waals surface area (Å²) in [6, 6.07) is 10.2. The summed E-state index contributed by atoms with van der Waals surface area (Å²) in [5.74, 6) is 1.66. The van der Waals surface area contributed by atoms with Gasteiger partial charge in [0, 0.05) is 16.1 Å². The molecular weight excluding hydrogens is 315 g/mol. The fraction of sp³-hybridized carbons (Fsp3) is 0.143. The first-order chi connectivity index (χ1) is 9.22. The van der Waals surface area contributed by atoms with Crippen LogP contribution in [0, 0.1) is 5.82 Å². The zero-order valence-corrected chi connectivity index (χ0v) is 11.4. The van der Waals surface area contributed by atoms with Gasteiger partial charge in [-0.3, -0.25) is 0 Å². The first kappa shape index (κ1) is 12.3. The summed E-state index contributed by atoms with van der Waals surface area (Å²) >= 11 is 3.21. The van der Waals surface area contributed by atoms with Gasteiger partial charge in [-0.15, -0.1) is 0 Å². The standard InChI is InChI=1S/C14H10BrFO3/c15-10-2-1-9(12(16)5-10)7-17-11-3-4-13-14(6-11)19-8-18-13/h1-6H,7-8H2. The van der Waals surface area contributed by atoms with E-state index in [2.05, 4.69) is 15.9 Å². The lowest BCUT2D eigenvalue weighted by Gasteiger charge is -2.08. The minimum atomic E-state index is -0.296. The van der Waals surface area contributed by atoms with Gasteiger partial charge in [-0.25, -0.2) is 4.39 Å². The Morgan fingerprint density at radius 3 is 2.79 bits per heavy atom. The molecule has 3 rings (SSSR count). The molecule has 0 saturated carbocycles. The molecule has 0 fully saturated rings. The van der Waals surface area contributed by atoms with Crippen molar-refractivity contribution in [1.82, 2.24) is 0 Å². The fourth-order valence-corrected chi connectivity index (χ4v) is 2.10. The Morgan fingerprint density at radius 1 is 1.11 bits per heavy atom. The molecule has 0 aromatic heterocycles. The van der Waals surface area contributed by atoms with Crippen molar-refractivity contribution in [3.05, 3.63) is 52.3 Å². The van der Waals surface area contributed by atoms with Gasteiger partial charge in [-0.1, -0.05) is 22.0 Å². The molecule has 0 radical (unpaired) electrons.